The smallest absolute Gasteiger partial charge is 0.352 e. The molecule has 0 saturated heterocycles. The number of carbonyl (C=O) groups excluding carboxylic acids is 1. The van der Waals surface area contributed by atoms with E-state index in [2.05, 4.69) is 5.48 Å². The first kappa shape index (κ1) is 11.2. The number of rotatable bonds is 5. The van der Waals surface area contributed by atoms with E-state index >= 15 is 0 Å². The van der Waals surface area contributed by atoms with Crippen LogP contribution in [0.5, 0.6) is 0 Å². The van der Waals surface area contributed by atoms with Gasteiger partial charge in [-0.1, -0.05) is 19.9 Å². The molecule has 0 aromatic rings. The summed E-state index contributed by atoms with van der Waals surface area (Å²) < 4.78 is 0. The summed E-state index contributed by atoms with van der Waals surface area (Å²) in [6.07, 6.45) is 3.65. The van der Waals surface area contributed by atoms with Gasteiger partial charge in [-0.25, -0.2) is 4.79 Å². The van der Waals surface area contributed by atoms with Crippen molar-refractivity contribution in [3.8, 4) is 0 Å². The monoisotopic (exact) mass is 171 g/mol. The van der Waals surface area contributed by atoms with Crippen molar-refractivity contribution >= 4 is 5.97 Å². The number of hydrogen-bond acceptors (Lipinski definition) is 3. The summed E-state index contributed by atoms with van der Waals surface area (Å²) in [6, 6.07) is 0. The minimum Gasteiger partial charge on any atom is -0.367 e. The minimum atomic E-state index is -0.287. The van der Waals surface area contributed by atoms with E-state index in [-0.39, 0.29) is 5.97 Å². The van der Waals surface area contributed by atoms with Crippen molar-refractivity contribution in [3.63, 3.8) is 0 Å². The summed E-state index contributed by atoms with van der Waals surface area (Å²) in [4.78, 5) is 15.8. The third kappa shape index (κ3) is 4.91. The lowest BCUT2D eigenvalue weighted by Gasteiger charge is -2.03. The van der Waals surface area contributed by atoms with Gasteiger partial charge in [-0.2, -0.15) is 5.48 Å². The first-order valence-electron chi connectivity index (χ1n) is 4.33. The molecule has 0 heterocycles. The highest BCUT2D eigenvalue weighted by Gasteiger charge is 2.03. The van der Waals surface area contributed by atoms with Crippen LogP contribution in [0.4, 0.5) is 0 Å². The van der Waals surface area contributed by atoms with E-state index in [0.29, 0.717) is 12.1 Å². The van der Waals surface area contributed by atoms with E-state index in [9.17, 15) is 4.79 Å². The molecule has 0 aromatic carbocycles. The van der Waals surface area contributed by atoms with Crippen molar-refractivity contribution in [3.05, 3.63) is 11.6 Å². The topological polar surface area (TPSA) is 38.3 Å². The van der Waals surface area contributed by atoms with E-state index in [0.717, 1.165) is 12.8 Å². The van der Waals surface area contributed by atoms with Crippen molar-refractivity contribution in [2.24, 2.45) is 0 Å². The van der Waals surface area contributed by atoms with Gasteiger partial charge in [0.1, 0.15) is 0 Å². The second-order valence-electron chi connectivity index (χ2n) is 2.58. The summed E-state index contributed by atoms with van der Waals surface area (Å²) in [6.45, 7) is 6.44. The number of allylic oxidation sites excluding steroid dienone is 1. The molecule has 70 valence electrons. The van der Waals surface area contributed by atoms with Crippen molar-refractivity contribution in [1.29, 1.82) is 0 Å². The molecule has 0 aliphatic carbocycles. The second kappa shape index (κ2) is 6.85. The van der Waals surface area contributed by atoms with Gasteiger partial charge in [-0.3, -0.25) is 0 Å². The Morgan fingerprint density at radius 1 is 1.50 bits per heavy atom. The maximum Gasteiger partial charge on any atom is 0.352 e. The molecule has 0 radical (unpaired) electrons. The lowest BCUT2D eigenvalue weighted by atomic mass is 10.2. The molecule has 3 nitrogen and oxygen atoms in total. The van der Waals surface area contributed by atoms with E-state index in [1.165, 1.54) is 0 Å². The van der Waals surface area contributed by atoms with Crippen LogP contribution in [0.25, 0.3) is 0 Å². The lowest BCUT2D eigenvalue weighted by molar-refractivity contribution is -0.146. The van der Waals surface area contributed by atoms with Crippen LogP contribution >= 0.6 is 0 Å². The molecular weight excluding hydrogens is 154 g/mol. The van der Waals surface area contributed by atoms with Gasteiger partial charge in [0, 0.05) is 12.1 Å². The van der Waals surface area contributed by atoms with Gasteiger partial charge in [-0.05, 0) is 19.8 Å². The second-order valence-corrected chi connectivity index (χ2v) is 2.58. The van der Waals surface area contributed by atoms with Crippen LogP contribution in [-0.4, -0.2) is 12.5 Å². The maximum atomic E-state index is 11.1. The van der Waals surface area contributed by atoms with Gasteiger partial charge < -0.3 is 4.84 Å². The normalized spacial score (nSPS) is 11.4. The average molecular weight is 171 g/mol. The molecule has 0 rings (SSSR count). The Bertz CT molecular complexity index is 164. The molecule has 0 atom stereocenters. The van der Waals surface area contributed by atoms with E-state index in [1.54, 1.807) is 6.92 Å². The molecule has 0 unspecified atom stereocenters. The fourth-order valence-corrected chi connectivity index (χ4v) is 0.689. The standard InChI is InChI=1S/C9H17NO2/c1-4-6-8(3)9(11)12-10-7-5-2/h6,10H,4-5,7H2,1-3H3. The zero-order valence-corrected chi connectivity index (χ0v) is 8.02. The predicted octanol–water partition coefficient (Wildman–Crippen LogP) is 1.80. The quantitative estimate of drug-likeness (QED) is 0.389. The Labute approximate surface area is 73.7 Å². The van der Waals surface area contributed by atoms with Crippen molar-refractivity contribution < 1.29 is 9.63 Å². The lowest BCUT2D eigenvalue weighted by Crippen LogP contribution is -2.21. The van der Waals surface area contributed by atoms with Crippen LogP contribution in [-0.2, 0) is 9.63 Å². The molecule has 3 heteroatoms. The molecule has 0 fully saturated rings. The Balaban J connectivity index is 3.64. The number of carbonyl (C=O) groups is 1. The van der Waals surface area contributed by atoms with Gasteiger partial charge in [-0.15, -0.1) is 0 Å². The summed E-state index contributed by atoms with van der Waals surface area (Å²) in [5.41, 5.74) is 3.24. The molecule has 0 bridgehead atoms. The van der Waals surface area contributed by atoms with Crippen molar-refractivity contribution in [2.75, 3.05) is 6.54 Å². The highest BCUT2D eigenvalue weighted by molar-refractivity contribution is 5.87. The zero-order chi connectivity index (χ0) is 9.40. The fourth-order valence-electron chi connectivity index (χ4n) is 0.689. The highest BCUT2D eigenvalue weighted by atomic mass is 16.7. The van der Waals surface area contributed by atoms with Crippen molar-refractivity contribution in [1.82, 2.24) is 5.48 Å². The molecule has 0 aromatic heterocycles. The van der Waals surface area contributed by atoms with Crippen molar-refractivity contribution in [2.45, 2.75) is 33.6 Å². The third-order valence-corrected chi connectivity index (χ3v) is 1.35. The Morgan fingerprint density at radius 2 is 2.17 bits per heavy atom. The molecular formula is C9H17NO2. The summed E-state index contributed by atoms with van der Waals surface area (Å²) in [7, 11) is 0. The van der Waals surface area contributed by atoms with Crippen LogP contribution in [0, 0.1) is 0 Å². The van der Waals surface area contributed by atoms with E-state index < -0.39 is 0 Å². The van der Waals surface area contributed by atoms with Gasteiger partial charge in [0.05, 0.1) is 0 Å². The average Bonchev–Trinajstić information content (AvgIpc) is 2.05. The Morgan fingerprint density at radius 3 is 2.67 bits per heavy atom. The van der Waals surface area contributed by atoms with Gasteiger partial charge in [0.2, 0.25) is 0 Å². The number of hydrogen-bond donors (Lipinski definition) is 1. The molecule has 0 aliphatic rings. The SMILES string of the molecule is CCC=C(C)C(=O)ONCCC. The highest BCUT2D eigenvalue weighted by Crippen LogP contribution is 1.96. The Hall–Kier alpha value is -0.830. The molecule has 0 amide bonds. The first-order chi connectivity index (χ1) is 5.72. The summed E-state index contributed by atoms with van der Waals surface area (Å²) >= 11 is 0. The van der Waals surface area contributed by atoms with Crippen LogP contribution in [0.3, 0.4) is 0 Å². The van der Waals surface area contributed by atoms with Crippen LogP contribution < -0.4 is 5.48 Å². The van der Waals surface area contributed by atoms with E-state index in [1.807, 2.05) is 19.9 Å². The van der Waals surface area contributed by atoms with E-state index in [4.69, 9.17) is 4.84 Å². The van der Waals surface area contributed by atoms with Gasteiger partial charge >= 0.3 is 5.97 Å². The molecule has 0 aliphatic heterocycles. The van der Waals surface area contributed by atoms with Gasteiger partial charge in [0.25, 0.3) is 0 Å². The largest absolute Gasteiger partial charge is 0.367 e. The van der Waals surface area contributed by atoms with Crippen LogP contribution in [0.2, 0.25) is 0 Å². The third-order valence-electron chi connectivity index (χ3n) is 1.35. The van der Waals surface area contributed by atoms with Gasteiger partial charge in [0.15, 0.2) is 0 Å². The molecule has 12 heavy (non-hydrogen) atoms. The summed E-state index contributed by atoms with van der Waals surface area (Å²) in [5.74, 6) is -0.287. The Kier molecular flexibility index (Phi) is 6.38. The first-order valence-corrected chi connectivity index (χ1v) is 4.33. The minimum absolute atomic E-state index is 0.287. The number of hydroxylamine groups is 1. The fraction of sp³-hybridized carbons (Fsp3) is 0.667. The molecule has 0 saturated carbocycles. The maximum absolute atomic E-state index is 11.1. The van der Waals surface area contributed by atoms with Crippen LogP contribution in [0.1, 0.15) is 33.6 Å². The van der Waals surface area contributed by atoms with Crippen LogP contribution in [0.15, 0.2) is 11.6 Å². The number of nitrogens with one attached hydrogen (secondary N) is 1. The summed E-state index contributed by atoms with van der Waals surface area (Å²) in [5, 5.41) is 0. The molecule has 1 N–H and O–H groups in total. The molecule has 0 spiro atoms. The zero-order valence-electron chi connectivity index (χ0n) is 8.02. The predicted molar refractivity (Wildman–Crippen MR) is 48.4 cm³/mol.